The first-order valence-corrected chi connectivity index (χ1v) is 9.74. The molecule has 150 valence electrons. The molecule has 0 aromatic heterocycles. The van der Waals surface area contributed by atoms with Crippen LogP contribution in [0.1, 0.15) is 12.5 Å². The fraction of sp³-hybridized carbons (Fsp3) is 0.0526. The third-order valence-electron chi connectivity index (χ3n) is 3.30. The SMILES string of the molecule is CC(=O)NC(=S)Nc1ccc(NC(=S)NC(=O)/C=C/c2ccc(Cl)cc2Cl)cc1. The lowest BCUT2D eigenvalue weighted by Gasteiger charge is -2.11. The van der Waals surface area contributed by atoms with Crippen LogP contribution in [0.25, 0.3) is 6.08 Å². The summed E-state index contributed by atoms with van der Waals surface area (Å²) in [4.78, 5) is 23.0. The number of amides is 2. The summed E-state index contributed by atoms with van der Waals surface area (Å²) < 4.78 is 0. The molecule has 0 aliphatic rings. The highest BCUT2D eigenvalue weighted by Gasteiger charge is 2.04. The molecule has 0 atom stereocenters. The first-order chi connectivity index (χ1) is 13.7. The van der Waals surface area contributed by atoms with Gasteiger partial charge in [0.15, 0.2) is 10.2 Å². The van der Waals surface area contributed by atoms with E-state index in [-0.39, 0.29) is 16.1 Å². The highest BCUT2D eigenvalue weighted by Crippen LogP contribution is 2.21. The maximum atomic E-state index is 12.0. The Morgan fingerprint density at radius 1 is 0.897 bits per heavy atom. The molecule has 0 aliphatic heterocycles. The number of hydrogen-bond acceptors (Lipinski definition) is 4. The van der Waals surface area contributed by atoms with Gasteiger partial charge in [-0.1, -0.05) is 29.3 Å². The van der Waals surface area contributed by atoms with Crippen LogP contribution in [0, 0.1) is 0 Å². The molecule has 2 aromatic rings. The summed E-state index contributed by atoms with van der Waals surface area (Å²) >= 11 is 22.0. The van der Waals surface area contributed by atoms with Crippen molar-refractivity contribution < 1.29 is 9.59 Å². The van der Waals surface area contributed by atoms with Crippen molar-refractivity contribution in [3.8, 4) is 0 Å². The second-order valence-electron chi connectivity index (χ2n) is 5.66. The molecule has 4 N–H and O–H groups in total. The number of rotatable bonds is 4. The van der Waals surface area contributed by atoms with Gasteiger partial charge in [-0.15, -0.1) is 0 Å². The van der Waals surface area contributed by atoms with Crippen molar-refractivity contribution in [1.29, 1.82) is 0 Å². The van der Waals surface area contributed by atoms with Gasteiger partial charge in [0, 0.05) is 34.4 Å². The van der Waals surface area contributed by atoms with E-state index in [0.717, 1.165) is 0 Å². The monoisotopic (exact) mass is 466 g/mol. The van der Waals surface area contributed by atoms with E-state index in [1.807, 2.05) is 0 Å². The molecule has 6 nitrogen and oxygen atoms in total. The number of thiocarbonyl (C=S) groups is 2. The number of nitrogens with one attached hydrogen (secondary N) is 4. The third-order valence-corrected chi connectivity index (χ3v) is 4.27. The molecule has 10 heteroatoms. The molecule has 0 saturated heterocycles. The van der Waals surface area contributed by atoms with E-state index in [1.165, 1.54) is 13.0 Å². The number of anilines is 2. The van der Waals surface area contributed by atoms with Crippen LogP contribution in [0.5, 0.6) is 0 Å². The number of carbonyl (C=O) groups is 2. The average molecular weight is 467 g/mol. The standard InChI is InChI=1S/C19H16Cl2N4O2S2/c1-11(26)22-18(28)23-14-5-7-15(8-6-14)24-19(29)25-17(27)9-3-12-2-4-13(20)10-16(12)21/h2-10H,1H3,(H2,22,23,26,28)(H2,24,25,27,29)/b9-3+. The number of hydrogen-bond donors (Lipinski definition) is 4. The lowest BCUT2D eigenvalue weighted by molar-refractivity contribution is -0.117. The van der Waals surface area contributed by atoms with Crippen LogP contribution in [-0.4, -0.2) is 22.0 Å². The van der Waals surface area contributed by atoms with Gasteiger partial charge in [-0.3, -0.25) is 14.9 Å². The Kier molecular flexibility index (Phi) is 8.53. The smallest absolute Gasteiger partial charge is 0.250 e. The quantitative estimate of drug-likeness (QED) is 0.396. The summed E-state index contributed by atoms with van der Waals surface area (Å²) in [5.74, 6) is -0.665. The number of carbonyl (C=O) groups excluding carboxylic acids is 2. The van der Waals surface area contributed by atoms with Crippen molar-refractivity contribution in [3.63, 3.8) is 0 Å². The first kappa shape index (κ1) is 22.8. The summed E-state index contributed by atoms with van der Waals surface area (Å²) in [5, 5.41) is 12.1. The van der Waals surface area contributed by atoms with Crippen LogP contribution in [-0.2, 0) is 9.59 Å². The summed E-state index contributed by atoms with van der Waals surface area (Å²) in [7, 11) is 0. The van der Waals surface area contributed by atoms with Crippen LogP contribution in [0.15, 0.2) is 48.5 Å². The Morgan fingerprint density at radius 3 is 1.97 bits per heavy atom. The zero-order valence-corrected chi connectivity index (χ0v) is 18.2. The maximum absolute atomic E-state index is 12.0. The highest BCUT2D eigenvalue weighted by atomic mass is 35.5. The van der Waals surface area contributed by atoms with Crippen LogP contribution < -0.4 is 21.3 Å². The normalized spacial score (nSPS) is 10.3. The fourth-order valence-electron chi connectivity index (χ4n) is 2.08. The molecule has 0 heterocycles. The lowest BCUT2D eigenvalue weighted by Crippen LogP contribution is -2.33. The summed E-state index contributed by atoms with van der Waals surface area (Å²) in [5.41, 5.74) is 2.01. The summed E-state index contributed by atoms with van der Waals surface area (Å²) in [6.07, 6.45) is 2.88. The highest BCUT2D eigenvalue weighted by molar-refractivity contribution is 7.80. The average Bonchev–Trinajstić information content (AvgIpc) is 2.62. The van der Waals surface area contributed by atoms with Gasteiger partial charge < -0.3 is 16.0 Å². The van der Waals surface area contributed by atoms with Gasteiger partial charge in [-0.2, -0.15) is 0 Å². The van der Waals surface area contributed by atoms with Crippen molar-refractivity contribution in [1.82, 2.24) is 10.6 Å². The van der Waals surface area contributed by atoms with Gasteiger partial charge in [0.25, 0.3) is 0 Å². The molecule has 0 spiro atoms. The van der Waals surface area contributed by atoms with Crippen molar-refractivity contribution in [2.75, 3.05) is 10.6 Å². The molecule has 2 rings (SSSR count). The Balaban J connectivity index is 1.86. The Morgan fingerprint density at radius 2 is 1.45 bits per heavy atom. The molecule has 2 amide bonds. The van der Waals surface area contributed by atoms with Crippen LogP contribution >= 0.6 is 47.6 Å². The molecule has 0 radical (unpaired) electrons. The topological polar surface area (TPSA) is 82.3 Å². The third kappa shape index (κ3) is 8.16. The van der Waals surface area contributed by atoms with Gasteiger partial charge in [0.05, 0.1) is 0 Å². The molecule has 0 fully saturated rings. The molecule has 0 bridgehead atoms. The van der Waals surface area contributed by atoms with Crippen LogP contribution in [0.2, 0.25) is 10.0 Å². The Hall–Kier alpha value is -2.52. The predicted octanol–water partition coefficient (Wildman–Crippen LogP) is 4.35. The van der Waals surface area contributed by atoms with Crippen LogP contribution in [0.4, 0.5) is 11.4 Å². The predicted molar refractivity (Wildman–Crippen MR) is 126 cm³/mol. The van der Waals surface area contributed by atoms with E-state index in [9.17, 15) is 9.59 Å². The first-order valence-electron chi connectivity index (χ1n) is 8.16. The minimum absolute atomic E-state index is 0.135. The van der Waals surface area contributed by atoms with Crippen molar-refractivity contribution in [2.24, 2.45) is 0 Å². The van der Waals surface area contributed by atoms with Crippen molar-refractivity contribution in [3.05, 3.63) is 64.1 Å². The largest absolute Gasteiger partial charge is 0.332 e. The minimum atomic E-state index is -0.410. The molecule has 2 aromatic carbocycles. The summed E-state index contributed by atoms with van der Waals surface area (Å²) in [6.45, 7) is 1.37. The van der Waals surface area contributed by atoms with E-state index < -0.39 is 5.91 Å². The zero-order chi connectivity index (χ0) is 21.4. The van der Waals surface area contributed by atoms with Gasteiger partial charge in [0.1, 0.15) is 0 Å². The number of halogens is 2. The second kappa shape index (κ2) is 10.9. The van der Waals surface area contributed by atoms with Gasteiger partial charge >= 0.3 is 0 Å². The van der Waals surface area contributed by atoms with E-state index in [0.29, 0.717) is 27.0 Å². The van der Waals surface area contributed by atoms with Gasteiger partial charge in [-0.25, -0.2) is 0 Å². The van der Waals surface area contributed by atoms with E-state index in [2.05, 4.69) is 21.3 Å². The molecule has 0 aliphatic carbocycles. The Bertz CT molecular complexity index is 979. The molecule has 29 heavy (non-hydrogen) atoms. The zero-order valence-electron chi connectivity index (χ0n) is 15.1. The fourth-order valence-corrected chi connectivity index (χ4v) is 3.03. The minimum Gasteiger partial charge on any atom is -0.332 e. The second-order valence-corrected chi connectivity index (χ2v) is 7.32. The van der Waals surface area contributed by atoms with Gasteiger partial charge in [0.2, 0.25) is 11.8 Å². The van der Waals surface area contributed by atoms with E-state index in [1.54, 1.807) is 48.5 Å². The molecule has 0 unspecified atom stereocenters. The number of benzene rings is 2. The van der Waals surface area contributed by atoms with E-state index >= 15 is 0 Å². The van der Waals surface area contributed by atoms with Gasteiger partial charge in [-0.05, 0) is 72.5 Å². The lowest BCUT2D eigenvalue weighted by atomic mass is 10.2. The van der Waals surface area contributed by atoms with Crippen molar-refractivity contribution in [2.45, 2.75) is 6.92 Å². The summed E-state index contributed by atoms with van der Waals surface area (Å²) in [6, 6.07) is 11.9. The molecular formula is C19H16Cl2N4O2S2. The molecule has 0 saturated carbocycles. The van der Waals surface area contributed by atoms with Crippen LogP contribution in [0.3, 0.4) is 0 Å². The maximum Gasteiger partial charge on any atom is 0.250 e. The van der Waals surface area contributed by atoms with Crippen molar-refractivity contribution >= 4 is 87.1 Å². The van der Waals surface area contributed by atoms with E-state index in [4.69, 9.17) is 47.6 Å². The Labute approximate surface area is 188 Å². The molecular weight excluding hydrogens is 451 g/mol.